The Bertz CT molecular complexity index is 419. The zero-order chi connectivity index (χ0) is 13.1. The molecule has 0 unspecified atom stereocenters. The van der Waals surface area contributed by atoms with Gasteiger partial charge in [0.1, 0.15) is 0 Å². The summed E-state index contributed by atoms with van der Waals surface area (Å²) in [6, 6.07) is 7.17. The molecule has 1 saturated heterocycles. The van der Waals surface area contributed by atoms with Gasteiger partial charge in [-0.25, -0.2) is 0 Å². The predicted octanol–water partition coefficient (Wildman–Crippen LogP) is 3.25. The Labute approximate surface area is 116 Å². The lowest BCUT2D eigenvalue weighted by atomic mass is 9.86. The monoisotopic (exact) mass is 259 g/mol. The Kier molecular flexibility index (Phi) is 4.19. The lowest BCUT2D eigenvalue weighted by molar-refractivity contribution is 0.0851. The summed E-state index contributed by atoms with van der Waals surface area (Å²) < 4.78 is 5.51. The first-order chi connectivity index (χ1) is 9.36. The van der Waals surface area contributed by atoms with Crippen LogP contribution in [0.1, 0.15) is 48.3 Å². The predicted molar refractivity (Wildman–Crippen MR) is 78.4 cm³/mol. The van der Waals surface area contributed by atoms with Crippen molar-refractivity contribution in [2.45, 2.75) is 44.6 Å². The van der Waals surface area contributed by atoms with Crippen LogP contribution in [0, 0.1) is 5.92 Å². The van der Waals surface area contributed by atoms with Crippen molar-refractivity contribution in [3.8, 4) is 0 Å². The van der Waals surface area contributed by atoms with Gasteiger partial charge in [-0.15, -0.1) is 0 Å². The second kappa shape index (κ2) is 6.06. The Hall–Kier alpha value is -0.860. The molecule has 1 aromatic rings. The van der Waals surface area contributed by atoms with Crippen LogP contribution in [0.2, 0.25) is 0 Å². The van der Waals surface area contributed by atoms with Crippen molar-refractivity contribution >= 4 is 0 Å². The number of hydrogen-bond donors (Lipinski definition) is 1. The van der Waals surface area contributed by atoms with Gasteiger partial charge in [-0.2, -0.15) is 0 Å². The number of rotatable bonds is 5. The Morgan fingerprint density at radius 2 is 1.95 bits per heavy atom. The highest BCUT2D eigenvalue weighted by Gasteiger charge is 2.23. The van der Waals surface area contributed by atoms with E-state index >= 15 is 0 Å². The minimum absolute atomic E-state index is 0.705. The van der Waals surface area contributed by atoms with Gasteiger partial charge in [0, 0.05) is 19.8 Å². The lowest BCUT2D eigenvalue weighted by Crippen LogP contribution is -2.17. The van der Waals surface area contributed by atoms with Crippen LogP contribution in [0.15, 0.2) is 18.2 Å². The van der Waals surface area contributed by atoms with Crippen LogP contribution >= 0.6 is 0 Å². The number of hydrogen-bond acceptors (Lipinski definition) is 2. The summed E-state index contributed by atoms with van der Waals surface area (Å²) >= 11 is 0. The van der Waals surface area contributed by atoms with Crippen LogP contribution in [-0.4, -0.2) is 20.3 Å². The van der Waals surface area contributed by atoms with Crippen LogP contribution in [-0.2, 0) is 17.7 Å². The van der Waals surface area contributed by atoms with Gasteiger partial charge >= 0.3 is 0 Å². The van der Waals surface area contributed by atoms with E-state index < -0.39 is 0 Å². The molecule has 19 heavy (non-hydrogen) atoms. The van der Waals surface area contributed by atoms with Crippen molar-refractivity contribution in [2.24, 2.45) is 5.92 Å². The summed E-state index contributed by atoms with van der Waals surface area (Å²) in [6.07, 6.45) is 6.53. The molecule has 1 aliphatic heterocycles. The largest absolute Gasteiger partial charge is 0.381 e. The molecule has 1 N–H and O–H groups in total. The van der Waals surface area contributed by atoms with Gasteiger partial charge in [0.05, 0.1) is 0 Å². The third kappa shape index (κ3) is 3.37. The maximum absolute atomic E-state index is 5.51. The van der Waals surface area contributed by atoms with Crippen LogP contribution in [0.3, 0.4) is 0 Å². The lowest BCUT2D eigenvalue weighted by Gasteiger charge is -2.25. The zero-order valence-electron chi connectivity index (χ0n) is 12.0. The molecule has 104 valence electrons. The first-order valence-corrected chi connectivity index (χ1v) is 7.71. The molecule has 1 heterocycles. The molecule has 2 aliphatic rings. The molecular formula is C17H25NO. The molecule has 0 aromatic heterocycles. The molecule has 0 spiro atoms. The van der Waals surface area contributed by atoms with Crippen molar-refractivity contribution in [2.75, 3.05) is 20.3 Å². The summed E-state index contributed by atoms with van der Waals surface area (Å²) in [5, 5.41) is 3.30. The minimum Gasteiger partial charge on any atom is -0.381 e. The van der Waals surface area contributed by atoms with E-state index in [9.17, 15) is 0 Å². The van der Waals surface area contributed by atoms with Gasteiger partial charge in [0.25, 0.3) is 0 Å². The maximum atomic E-state index is 5.51. The molecule has 2 nitrogen and oxygen atoms in total. The first kappa shape index (κ1) is 13.1. The standard InChI is InChI=1S/C17H25NO/c1-18-12-16-5-4-14(10-13-2-3-13)11-17(16)15-6-8-19-9-7-15/h4-5,11,13,15,18H,2-3,6-10,12H2,1H3. The highest BCUT2D eigenvalue weighted by atomic mass is 16.5. The van der Waals surface area contributed by atoms with Crippen molar-refractivity contribution in [1.29, 1.82) is 0 Å². The van der Waals surface area contributed by atoms with Crippen molar-refractivity contribution in [3.63, 3.8) is 0 Å². The van der Waals surface area contributed by atoms with Gasteiger partial charge in [-0.1, -0.05) is 18.2 Å². The van der Waals surface area contributed by atoms with E-state index in [1.807, 2.05) is 7.05 Å². The molecule has 1 saturated carbocycles. The molecule has 0 amide bonds. The normalized spacial score (nSPS) is 20.7. The second-order valence-corrected chi connectivity index (χ2v) is 6.10. The van der Waals surface area contributed by atoms with Crippen molar-refractivity contribution in [3.05, 3.63) is 34.9 Å². The Morgan fingerprint density at radius 3 is 2.63 bits per heavy atom. The summed E-state index contributed by atoms with van der Waals surface area (Å²) in [4.78, 5) is 0. The molecule has 3 rings (SSSR count). The van der Waals surface area contributed by atoms with Crippen LogP contribution in [0.4, 0.5) is 0 Å². The van der Waals surface area contributed by atoms with E-state index in [1.165, 1.54) is 37.7 Å². The number of ether oxygens (including phenoxy) is 1. The summed E-state index contributed by atoms with van der Waals surface area (Å²) in [7, 11) is 2.03. The highest BCUT2D eigenvalue weighted by Crippen LogP contribution is 2.35. The summed E-state index contributed by atoms with van der Waals surface area (Å²) in [6.45, 7) is 2.84. The molecule has 0 bridgehead atoms. The number of nitrogens with one attached hydrogen (secondary N) is 1. The van der Waals surface area contributed by atoms with Crippen LogP contribution in [0.5, 0.6) is 0 Å². The van der Waals surface area contributed by atoms with Crippen LogP contribution < -0.4 is 5.32 Å². The first-order valence-electron chi connectivity index (χ1n) is 7.71. The number of benzene rings is 1. The van der Waals surface area contributed by atoms with Crippen molar-refractivity contribution < 1.29 is 4.74 Å². The van der Waals surface area contributed by atoms with E-state index in [1.54, 1.807) is 11.1 Å². The molecule has 2 heteroatoms. The average molecular weight is 259 g/mol. The average Bonchev–Trinajstić information content (AvgIpc) is 3.26. The zero-order valence-corrected chi connectivity index (χ0v) is 12.0. The third-order valence-electron chi connectivity index (χ3n) is 4.46. The quantitative estimate of drug-likeness (QED) is 0.876. The van der Waals surface area contributed by atoms with E-state index in [4.69, 9.17) is 4.74 Å². The summed E-state index contributed by atoms with van der Waals surface area (Å²) in [5.74, 6) is 1.67. The molecule has 2 fully saturated rings. The van der Waals surface area contributed by atoms with E-state index in [0.29, 0.717) is 5.92 Å². The Balaban J connectivity index is 1.82. The molecule has 0 atom stereocenters. The SMILES string of the molecule is CNCc1ccc(CC2CC2)cc1C1CCOCC1. The van der Waals surface area contributed by atoms with Gasteiger partial charge in [-0.3, -0.25) is 0 Å². The molecular weight excluding hydrogens is 234 g/mol. The smallest absolute Gasteiger partial charge is 0.0471 e. The fraction of sp³-hybridized carbons (Fsp3) is 0.647. The van der Waals surface area contributed by atoms with Crippen LogP contribution in [0.25, 0.3) is 0 Å². The Morgan fingerprint density at radius 1 is 1.16 bits per heavy atom. The third-order valence-corrected chi connectivity index (χ3v) is 4.46. The maximum Gasteiger partial charge on any atom is 0.0471 e. The topological polar surface area (TPSA) is 21.3 Å². The second-order valence-electron chi connectivity index (χ2n) is 6.10. The van der Waals surface area contributed by atoms with Gasteiger partial charge < -0.3 is 10.1 Å². The van der Waals surface area contributed by atoms with Gasteiger partial charge in [0.15, 0.2) is 0 Å². The van der Waals surface area contributed by atoms with E-state index in [2.05, 4.69) is 23.5 Å². The fourth-order valence-electron chi connectivity index (χ4n) is 3.17. The molecule has 0 radical (unpaired) electrons. The van der Waals surface area contributed by atoms with E-state index in [-0.39, 0.29) is 0 Å². The van der Waals surface area contributed by atoms with Crippen molar-refractivity contribution in [1.82, 2.24) is 5.32 Å². The molecule has 1 aliphatic carbocycles. The van der Waals surface area contributed by atoms with Gasteiger partial charge in [-0.05, 0) is 67.7 Å². The summed E-state index contributed by atoms with van der Waals surface area (Å²) in [5.41, 5.74) is 4.61. The van der Waals surface area contributed by atoms with Gasteiger partial charge in [0.2, 0.25) is 0 Å². The minimum atomic E-state index is 0.705. The fourth-order valence-corrected chi connectivity index (χ4v) is 3.17. The van der Waals surface area contributed by atoms with E-state index in [0.717, 1.165) is 25.7 Å². The highest BCUT2D eigenvalue weighted by molar-refractivity contribution is 5.35. The molecule has 1 aromatic carbocycles.